The van der Waals surface area contributed by atoms with Gasteiger partial charge in [-0.3, -0.25) is 4.79 Å². The topological polar surface area (TPSA) is 56.2 Å². The van der Waals surface area contributed by atoms with Crippen molar-refractivity contribution in [2.75, 3.05) is 19.0 Å². The molecule has 0 radical (unpaired) electrons. The summed E-state index contributed by atoms with van der Waals surface area (Å²) in [7, 11) is 1.43. The summed E-state index contributed by atoms with van der Waals surface area (Å²) in [6.45, 7) is 9.74. The number of unbranched alkanes of at least 4 members (excludes halogenated alkanes) is 2. The molecular weight excluding hydrogens is 334 g/mol. The van der Waals surface area contributed by atoms with E-state index in [9.17, 15) is 4.79 Å². The van der Waals surface area contributed by atoms with Crippen LogP contribution in [0.2, 0.25) is 0 Å². The fourth-order valence-electron chi connectivity index (χ4n) is 2.82. The number of ether oxygens (including phenoxy) is 1. The van der Waals surface area contributed by atoms with Crippen molar-refractivity contribution >= 4 is 22.4 Å². The number of aromatic nitrogens is 2. The third-order valence-corrected chi connectivity index (χ3v) is 5.03. The van der Waals surface area contributed by atoms with Crippen molar-refractivity contribution in [2.45, 2.75) is 46.1 Å². The molecule has 0 aliphatic heterocycles. The van der Waals surface area contributed by atoms with Crippen LogP contribution in [0.3, 0.4) is 0 Å². The van der Waals surface area contributed by atoms with Crippen LogP contribution in [-0.2, 0) is 16.1 Å². The molecule has 0 aromatic carbocycles. The van der Waals surface area contributed by atoms with Crippen molar-refractivity contribution in [3.05, 3.63) is 35.5 Å². The van der Waals surface area contributed by atoms with E-state index in [4.69, 9.17) is 4.98 Å². The Morgan fingerprint density at radius 2 is 2.20 bits per heavy atom. The average molecular weight is 362 g/mol. The molecule has 0 saturated heterocycles. The maximum atomic E-state index is 11.0. The summed E-state index contributed by atoms with van der Waals surface area (Å²) in [4.78, 5) is 15.8. The molecule has 0 spiro atoms. The molecule has 0 atom stereocenters. The minimum absolute atomic E-state index is 0.133. The van der Waals surface area contributed by atoms with E-state index in [1.165, 1.54) is 24.1 Å². The zero-order valence-corrected chi connectivity index (χ0v) is 16.1. The Kier molecular flexibility index (Phi) is 7.25. The summed E-state index contributed by atoms with van der Waals surface area (Å²) in [5.41, 5.74) is 4.64. The molecule has 0 fully saturated rings. The first-order chi connectivity index (χ1) is 12.1. The number of hydrogen-bond acceptors (Lipinski definition) is 5. The van der Waals surface area contributed by atoms with Crippen LogP contribution in [0.15, 0.2) is 24.1 Å². The van der Waals surface area contributed by atoms with E-state index >= 15 is 0 Å². The molecule has 1 N–H and O–H groups in total. The van der Waals surface area contributed by atoms with Crippen LogP contribution in [0.4, 0.5) is 5.13 Å². The van der Waals surface area contributed by atoms with Gasteiger partial charge in [0.15, 0.2) is 5.13 Å². The lowest BCUT2D eigenvalue weighted by Crippen LogP contribution is -2.03. The Balaban J connectivity index is 1.85. The molecule has 0 amide bonds. The molecule has 0 aliphatic carbocycles. The minimum Gasteiger partial charge on any atom is -0.469 e. The van der Waals surface area contributed by atoms with Crippen molar-refractivity contribution in [2.24, 2.45) is 0 Å². The van der Waals surface area contributed by atoms with Gasteiger partial charge in [0, 0.05) is 41.8 Å². The number of nitrogens with one attached hydrogen (secondary N) is 1. The van der Waals surface area contributed by atoms with E-state index in [0.29, 0.717) is 6.42 Å². The van der Waals surface area contributed by atoms with Crippen molar-refractivity contribution < 1.29 is 9.53 Å². The summed E-state index contributed by atoms with van der Waals surface area (Å²) in [6, 6.07) is 2.18. The predicted molar refractivity (Wildman–Crippen MR) is 104 cm³/mol. The lowest BCUT2D eigenvalue weighted by molar-refractivity contribution is -0.140. The molecule has 136 valence electrons. The standard InChI is InChI=1S/C19H27N3O2S/c1-5-11-22-14(2)12-16(15(22)3)17-13-25-19(21-17)20-10-8-6-7-9-18(23)24-4/h5,12-13H,1,6-11H2,2-4H3,(H,20,21). The number of nitrogens with zero attached hydrogens (tertiary/aromatic N) is 2. The van der Waals surface area contributed by atoms with Crippen LogP contribution in [-0.4, -0.2) is 29.2 Å². The Morgan fingerprint density at radius 1 is 1.40 bits per heavy atom. The fourth-order valence-corrected chi connectivity index (χ4v) is 3.56. The van der Waals surface area contributed by atoms with Gasteiger partial charge in [0.2, 0.25) is 0 Å². The van der Waals surface area contributed by atoms with Crippen molar-refractivity contribution in [1.29, 1.82) is 0 Å². The zero-order chi connectivity index (χ0) is 18.2. The first-order valence-electron chi connectivity index (χ1n) is 8.61. The van der Waals surface area contributed by atoms with Gasteiger partial charge < -0.3 is 14.6 Å². The molecule has 6 heteroatoms. The van der Waals surface area contributed by atoms with Crippen LogP contribution in [0, 0.1) is 13.8 Å². The van der Waals surface area contributed by atoms with E-state index < -0.39 is 0 Å². The molecular formula is C19H27N3O2S. The van der Waals surface area contributed by atoms with Crippen molar-refractivity contribution in [1.82, 2.24) is 9.55 Å². The fraction of sp³-hybridized carbons (Fsp3) is 0.474. The molecule has 0 aliphatic rings. The highest BCUT2D eigenvalue weighted by molar-refractivity contribution is 7.14. The van der Waals surface area contributed by atoms with Gasteiger partial charge in [0.25, 0.3) is 0 Å². The molecule has 0 saturated carbocycles. The summed E-state index contributed by atoms with van der Waals surface area (Å²) in [6.07, 6.45) is 5.30. The maximum absolute atomic E-state index is 11.0. The van der Waals surface area contributed by atoms with E-state index in [-0.39, 0.29) is 5.97 Å². The molecule has 2 aromatic heterocycles. The number of esters is 1. The van der Waals surface area contributed by atoms with Crippen molar-refractivity contribution in [3.63, 3.8) is 0 Å². The average Bonchev–Trinajstić information content (AvgIpc) is 3.17. The molecule has 0 unspecified atom stereocenters. The van der Waals surface area contributed by atoms with E-state index in [0.717, 1.165) is 43.2 Å². The largest absolute Gasteiger partial charge is 0.469 e. The smallest absolute Gasteiger partial charge is 0.305 e. The van der Waals surface area contributed by atoms with Gasteiger partial charge in [-0.05, 0) is 32.8 Å². The van der Waals surface area contributed by atoms with E-state index in [1.54, 1.807) is 11.3 Å². The zero-order valence-electron chi connectivity index (χ0n) is 15.3. The minimum atomic E-state index is -0.133. The Morgan fingerprint density at radius 3 is 2.92 bits per heavy atom. The summed E-state index contributed by atoms with van der Waals surface area (Å²) >= 11 is 1.63. The monoisotopic (exact) mass is 361 g/mol. The second-order valence-corrected chi connectivity index (χ2v) is 6.89. The second-order valence-electron chi connectivity index (χ2n) is 6.04. The number of carbonyl (C=O) groups is 1. The van der Waals surface area contributed by atoms with Crippen LogP contribution < -0.4 is 5.32 Å². The number of hydrogen-bond donors (Lipinski definition) is 1. The van der Waals surface area contributed by atoms with E-state index in [1.807, 2.05) is 6.08 Å². The van der Waals surface area contributed by atoms with Gasteiger partial charge in [-0.2, -0.15) is 0 Å². The molecule has 5 nitrogen and oxygen atoms in total. The Labute approximate surface area is 153 Å². The molecule has 2 rings (SSSR count). The van der Waals surface area contributed by atoms with Crippen LogP contribution in [0.5, 0.6) is 0 Å². The molecule has 2 heterocycles. The van der Waals surface area contributed by atoms with Gasteiger partial charge in [-0.1, -0.05) is 12.5 Å². The highest BCUT2D eigenvalue weighted by atomic mass is 32.1. The molecule has 0 bridgehead atoms. The molecule has 2 aromatic rings. The number of anilines is 1. The highest BCUT2D eigenvalue weighted by Crippen LogP contribution is 2.29. The Bertz CT molecular complexity index is 718. The van der Waals surface area contributed by atoms with Gasteiger partial charge in [0.1, 0.15) is 0 Å². The van der Waals surface area contributed by atoms with Crippen molar-refractivity contribution in [3.8, 4) is 11.3 Å². The summed E-state index contributed by atoms with van der Waals surface area (Å²) in [5.74, 6) is -0.133. The Hall–Kier alpha value is -2.08. The number of aryl methyl sites for hydroxylation is 1. The summed E-state index contributed by atoms with van der Waals surface area (Å²) < 4.78 is 6.88. The third kappa shape index (κ3) is 5.19. The predicted octanol–water partition coefficient (Wildman–Crippen LogP) is 4.56. The normalized spacial score (nSPS) is 10.7. The quantitative estimate of drug-likeness (QED) is 0.383. The third-order valence-electron chi connectivity index (χ3n) is 4.23. The highest BCUT2D eigenvalue weighted by Gasteiger charge is 2.13. The lowest BCUT2D eigenvalue weighted by atomic mass is 10.2. The first-order valence-corrected chi connectivity index (χ1v) is 9.49. The number of allylic oxidation sites excluding steroid dienone is 1. The number of thiazole rings is 1. The van der Waals surface area contributed by atoms with Gasteiger partial charge in [-0.15, -0.1) is 17.9 Å². The number of carbonyl (C=O) groups excluding carboxylic acids is 1. The number of methoxy groups -OCH3 is 1. The number of rotatable bonds is 10. The van der Waals surface area contributed by atoms with Crippen LogP contribution in [0.1, 0.15) is 37.1 Å². The van der Waals surface area contributed by atoms with Crippen LogP contribution in [0.25, 0.3) is 11.3 Å². The molecule has 25 heavy (non-hydrogen) atoms. The lowest BCUT2D eigenvalue weighted by Gasteiger charge is -2.05. The van der Waals surface area contributed by atoms with Gasteiger partial charge >= 0.3 is 5.97 Å². The SMILES string of the molecule is C=CCn1c(C)cc(-c2csc(NCCCCCC(=O)OC)n2)c1C. The van der Waals surface area contributed by atoms with Gasteiger partial charge in [0.05, 0.1) is 12.8 Å². The first kappa shape index (κ1) is 19.2. The maximum Gasteiger partial charge on any atom is 0.305 e. The van der Waals surface area contributed by atoms with E-state index in [2.05, 4.69) is 46.5 Å². The van der Waals surface area contributed by atoms with Crippen LogP contribution >= 0.6 is 11.3 Å². The second kappa shape index (κ2) is 9.42. The van der Waals surface area contributed by atoms with Gasteiger partial charge in [-0.25, -0.2) is 4.98 Å². The summed E-state index contributed by atoms with van der Waals surface area (Å²) in [5, 5.41) is 6.41.